The predicted molar refractivity (Wildman–Crippen MR) is 49.2 cm³/mol. The molecule has 0 heterocycles. The minimum absolute atomic E-state index is 0.0860. The first kappa shape index (κ1) is 9.43. The quantitative estimate of drug-likeness (QED) is 0.552. The molecule has 1 radical (unpaired) electrons. The third-order valence-corrected chi connectivity index (χ3v) is 4.06. The van der Waals surface area contributed by atoms with Crippen molar-refractivity contribution in [3.63, 3.8) is 0 Å². The maximum Gasteiger partial charge on any atom is 0.307 e. The maximum absolute atomic E-state index is 2.41. The second kappa shape index (κ2) is 5.24. The van der Waals surface area contributed by atoms with Gasteiger partial charge in [0.2, 0.25) is 0 Å². The third kappa shape index (κ3) is 8.43. The van der Waals surface area contributed by atoms with Crippen molar-refractivity contribution in [2.45, 2.75) is 44.7 Å². The molecule has 0 aromatic carbocycles. The Balaban J connectivity index is 2.91. The van der Waals surface area contributed by atoms with Crippen LogP contribution in [0, 0.1) is 0 Å². The monoisotopic (exact) mass is 158 g/mol. The van der Waals surface area contributed by atoms with Crippen LogP contribution in [0.1, 0.15) is 6.42 Å². The molecule has 0 nitrogen and oxygen atoms in total. The lowest BCUT2D eigenvalue weighted by Crippen LogP contribution is -2.03. The Hall–Kier alpha value is 0.434. The summed E-state index contributed by atoms with van der Waals surface area (Å²) in [5, 5.41) is 0. The zero-order valence-corrected chi connectivity index (χ0v) is 9.12. The summed E-state index contributed by atoms with van der Waals surface area (Å²) in [6.07, 6.45) is 1.50. The van der Waals surface area contributed by atoms with Gasteiger partial charge in [-0.15, -0.1) is 0 Å². The second-order valence-electron chi connectivity index (χ2n) is 3.27. The van der Waals surface area contributed by atoms with E-state index in [2.05, 4.69) is 26.2 Å². The van der Waals surface area contributed by atoms with Crippen LogP contribution in [0.4, 0.5) is 0 Å². The number of rotatable bonds is 4. The summed E-state index contributed by atoms with van der Waals surface area (Å²) in [6, 6.07) is 3.06. The molecule has 0 aliphatic heterocycles. The van der Waals surface area contributed by atoms with Crippen molar-refractivity contribution in [2.75, 3.05) is 0 Å². The summed E-state index contributed by atoms with van der Waals surface area (Å²) in [4.78, 5) is 0. The Kier molecular flexibility index (Phi) is 5.49. The lowest BCUT2D eigenvalue weighted by atomic mass is 10.6. The van der Waals surface area contributed by atoms with Crippen LogP contribution in [0.3, 0.4) is 0 Å². The van der Waals surface area contributed by atoms with Crippen molar-refractivity contribution in [1.82, 2.24) is 0 Å². The Labute approximate surface area is 62.9 Å². The highest BCUT2D eigenvalue weighted by Gasteiger charge is 2.09. The molecule has 2 heteroatoms. The standard InChI is InChI=1S/C7H18Si2/c1-8(2)6-5-7-9(3)4/h5-7H2,1-4H3/q+1. The van der Waals surface area contributed by atoms with Gasteiger partial charge in [0.15, 0.2) is 0 Å². The van der Waals surface area contributed by atoms with Crippen molar-refractivity contribution in [1.29, 1.82) is 0 Å². The Bertz CT molecular complexity index is 51.9. The van der Waals surface area contributed by atoms with E-state index in [0.717, 1.165) is 0 Å². The fourth-order valence-electron chi connectivity index (χ4n) is 0.795. The van der Waals surface area contributed by atoms with Crippen molar-refractivity contribution in [3.8, 4) is 0 Å². The lowest BCUT2D eigenvalue weighted by molar-refractivity contribution is 1.04. The minimum Gasteiger partial charge on any atom is -0.0713 e. The average molecular weight is 158 g/mol. The van der Waals surface area contributed by atoms with E-state index in [1.165, 1.54) is 18.5 Å². The molecule has 53 valence electrons. The molecule has 0 aliphatic carbocycles. The molecule has 0 unspecified atom stereocenters. The van der Waals surface area contributed by atoms with Gasteiger partial charge in [0.05, 0.1) is 19.1 Å². The molecular weight excluding hydrogens is 140 g/mol. The third-order valence-electron chi connectivity index (χ3n) is 1.35. The van der Waals surface area contributed by atoms with Crippen LogP contribution in [0.5, 0.6) is 0 Å². The fourth-order valence-corrected chi connectivity index (χ4v) is 2.92. The van der Waals surface area contributed by atoms with E-state index >= 15 is 0 Å². The van der Waals surface area contributed by atoms with Crippen molar-refractivity contribution in [3.05, 3.63) is 0 Å². The fraction of sp³-hybridized carbons (Fsp3) is 1.00. The van der Waals surface area contributed by atoms with Gasteiger partial charge in [0.1, 0.15) is 0 Å². The van der Waals surface area contributed by atoms with Gasteiger partial charge in [-0.3, -0.25) is 0 Å². The Morgan fingerprint density at radius 3 is 2.11 bits per heavy atom. The van der Waals surface area contributed by atoms with Crippen molar-refractivity contribution >= 4 is 17.6 Å². The van der Waals surface area contributed by atoms with Crippen LogP contribution in [0.25, 0.3) is 0 Å². The zero-order chi connectivity index (χ0) is 7.28. The van der Waals surface area contributed by atoms with Crippen molar-refractivity contribution in [2.24, 2.45) is 0 Å². The number of hydrogen-bond acceptors (Lipinski definition) is 0. The van der Waals surface area contributed by atoms with E-state index in [1.54, 1.807) is 0 Å². The van der Waals surface area contributed by atoms with Crippen LogP contribution < -0.4 is 0 Å². The van der Waals surface area contributed by atoms with Gasteiger partial charge in [-0.2, -0.15) is 0 Å². The smallest absolute Gasteiger partial charge is 0.0713 e. The maximum atomic E-state index is 2.41. The van der Waals surface area contributed by atoms with Gasteiger partial charge in [-0.25, -0.2) is 0 Å². The van der Waals surface area contributed by atoms with Gasteiger partial charge in [0, 0.05) is 8.80 Å². The van der Waals surface area contributed by atoms with E-state index in [4.69, 9.17) is 0 Å². The molecule has 0 aromatic rings. The zero-order valence-electron chi connectivity index (χ0n) is 7.12. The first-order valence-electron chi connectivity index (χ1n) is 3.71. The molecule has 0 aromatic heterocycles. The highest BCUT2D eigenvalue weighted by molar-refractivity contribution is 6.57. The lowest BCUT2D eigenvalue weighted by Gasteiger charge is -1.97. The molecule has 9 heavy (non-hydrogen) atoms. The van der Waals surface area contributed by atoms with E-state index in [0.29, 0.717) is 0 Å². The van der Waals surface area contributed by atoms with Crippen LogP contribution >= 0.6 is 0 Å². The van der Waals surface area contributed by atoms with Crippen LogP contribution in [0.15, 0.2) is 0 Å². The normalized spacial score (nSPS) is 10.3. The summed E-state index contributed by atoms with van der Waals surface area (Å²) >= 11 is 0. The predicted octanol–water partition coefficient (Wildman–Crippen LogP) is 2.89. The summed E-state index contributed by atoms with van der Waals surface area (Å²) < 4.78 is 0. The summed E-state index contributed by atoms with van der Waals surface area (Å²) in [5.74, 6) is 0. The second-order valence-corrected chi connectivity index (χ2v) is 9.10. The topological polar surface area (TPSA) is 0 Å². The minimum atomic E-state index is 0.0860. The van der Waals surface area contributed by atoms with Gasteiger partial charge >= 0.3 is 8.80 Å². The Morgan fingerprint density at radius 1 is 1.22 bits per heavy atom. The number of hydrogen-bond donors (Lipinski definition) is 0. The van der Waals surface area contributed by atoms with Gasteiger partial charge in [-0.1, -0.05) is 19.1 Å². The Morgan fingerprint density at radius 2 is 1.78 bits per heavy atom. The van der Waals surface area contributed by atoms with E-state index in [1.807, 2.05) is 0 Å². The highest BCUT2D eigenvalue weighted by atomic mass is 28.3. The SMILES string of the molecule is C[Si](C)CCC[Si+](C)C. The molecule has 0 fully saturated rings. The van der Waals surface area contributed by atoms with Crippen LogP contribution in [-0.2, 0) is 0 Å². The van der Waals surface area contributed by atoms with Crippen molar-refractivity contribution < 1.29 is 0 Å². The molecule has 0 saturated carbocycles. The summed E-state index contributed by atoms with van der Waals surface area (Å²) in [7, 11) is 0.172. The van der Waals surface area contributed by atoms with Gasteiger partial charge in [-0.05, 0) is 6.42 Å². The molecule has 0 aliphatic rings. The highest BCUT2D eigenvalue weighted by Crippen LogP contribution is 2.04. The molecule has 0 spiro atoms. The first-order valence-corrected chi connectivity index (χ1v) is 9.12. The molecule has 0 atom stereocenters. The van der Waals surface area contributed by atoms with Crippen LogP contribution in [-0.4, -0.2) is 17.6 Å². The van der Waals surface area contributed by atoms with E-state index in [-0.39, 0.29) is 17.6 Å². The van der Waals surface area contributed by atoms with Gasteiger partial charge < -0.3 is 0 Å². The molecule has 0 bridgehead atoms. The van der Waals surface area contributed by atoms with Crippen LogP contribution in [0.2, 0.25) is 38.3 Å². The summed E-state index contributed by atoms with van der Waals surface area (Å²) in [6.45, 7) is 9.62. The molecule has 0 amide bonds. The molecule has 0 saturated heterocycles. The molecular formula is C7H18Si2+. The first-order chi connectivity index (χ1) is 4.13. The van der Waals surface area contributed by atoms with Gasteiger partial charge in [0.25, 0.3) is 0 Å². The molecule has 0 rings (SSSR count). The summed E-state index contributed by atoms with van der Waals surface area (Å²) in [5.41, 5.74) is 0. The van der Waals surface area contributed by atoms with E-state index in [9.17, 15) is 0 Å². The largest absolute Gasteiger partial charge is 0.307 e. The average Bonchev–Trinajstić information content (AvgIpc) is 1.63. The van der Waals surface area contributed by atoms with E-state index < -0.39 is 0 Å². The molecule has 0 N–H and O–H groups in total.